The number of benzene rings is 1. The number of methoxy groups -OCH3 is 2. The number of carbonyl (C=O) groups excluding carboxylic acids is 5. The number of nitrogens with one attached hydrogen (secondary N) is 2. The second-order valence-electron chi connectivity index (χ2n) is 19.9. The van der Waals surface area contributed by atoms with Crippen LogP contribution < -0.4 is 10.6 Å². The number of nitrogens with zero attached hydrogens (tertiary/aromatic N) is 2. The van der Waals surface area contributed by atoms with Crippen molar-refractivity contribution in [2.45, 2.75) is 176 Å². The van der Waals surface area contributed by atoms with E-state index in [1.54, 1.807) is 41.9 Å². The van der Waals surface area contributed by atoms with Crippen molar-refractivity contribution in [1.29, 1.82) is 0 Å². The highest BCUT2D eigenvalue weighted by Crippen LogP contribution is 2.33. The molecule has 0 saturated carbocycles. The number of hydrogen-bond acceptors (Lipinski definition) is 10. The molecule has 1 fully saturated rings. The molecular formula is C50H84N4O10. The third-order valence-corrected chi connectivity index (χ3v) is 13.0. The fraction of sp³-hybridized carbons (Fsp3) is 0.760. The molecule has 1 aromatic rings. The van der Waals surface area contributed by atoms with E-state index in [2.05, 4.69) is 24.5 Å². The maximum absolute atomic E-state index is 14.3. The highest BCUT2D eigenvalue weighted by atomic mass is 16.6. The average Bonchev–Trinajstić information content (AvgIpc) is 3.71. The van der Waals surface area contributed by atoms with Crippen molar-refractivity contribution in [1.82, 2.24) is 20.4 Å². The number of likely N-dealkylation sites (N-methyl/N-ethyl adjacent to an activating group) is 1. The molecule has 10 unspecified atom stereocenters. The second kappa shape index (κ2) is 26.9. The number of Topliss-reactive ketones (excluding diaryl/α,β-unsaturated/α-hetero) is 1. The van der Waals surface area contributed by atoms with Gasteiger partial charge in [-0.2, -0.15) is 0 Å². The van der Waals surface area contributed by atoms with Crippen LogP contribution in [0, 0.1) is 35.5 Å². The minimum atomic E-state index is -0.921. The van der Waals surface area contributed by atoms with Crippen LogP contribution in [0.2, 0.25) is 0 Å². The van der Waals surface area contributed by atoms with Crippen molar-refractivity contribution in [2.75, 3.05) is 34.4 Å². The smallest absolute Gasteiger partial charge is 0.329 e. The van der Waals surface area contributed by atoms with E-state index in [9.17, 15) is 28.8 Å². The molecule has 14 nitrogen and oxygen atoms in total. The number of rotatable bonds is 28. The largest absolute Gasteiger partial charge is 0.481 e. The highest BCUT2D eigenvalue weighted by Gasteiger charge is 2.42. The number of carboxylic acid groups (broad SMARTS) is 1. The molecule has 1 saturated heterocycles. The van der Waals surface area contributed by atoms with Crippen LogP contribution in [0.1, 0.15) is 133 Å². The van der Waals surface area contributed by atoms with E-state index in [-0.39, 0.29) is 78.4 Å². The number of carboxylic acids is 1. The van der Waals surface area contributed by atoms with Crippen LogP contribution in [0.4, 0.5) is 0 Å². The lowest BCUT2D eigenvalue weighted by atomic mass is 9.79. The summed E-state index contributed by atoms with van der Waals surface area (Å²) in [7, 11) is 4.98. The minimum Gasteiger partial charge on any atom is -0.481 e. The monoisotopic (exact) mass is 901 g/mol. The molecule has 0 bridgehead atoms. The Labute approximate surface area is 384 Å². The predicted octanol–water partition coefficient (Wildman–Crippen LogP) is 6.71. The van der Waals surface area contributed by atoms with Crippen LogP contribution in [-0.4, -0.2) is 127 Å². The third kappa shape index (κ3) is 17.5. The molecule has 1 aromatic carbocycles. The molecule has 14 heteroatoms. The molecule has 364 valence electrons. The maximum Gasteiger partial charge on any atom is 0.329 e. The number of esters is 1. The third-order valence-electron chi connectivity index (χ3n) is 13.0. The van der Waals surface area contributed by atoms with Gasteiger partial charge in [-0.15, -0.1) is 0 Å². The van der Waals surface area contributed by atoms with Gasteiger partial charge in [0, 0.05) is 39.5 Å². The maximum atomic E-state index is 14.3. The number of aliphatic carboxylic acids is 1. The van der Waals surface area contributed by atoms with Crippen LogP contribution in [0.25, 0.3) is 0 Å². The van der Waals surface area contributed by atoms with E-state index in [0.29, 0.717) is 38.8 Å². The second-order valence-corrected chi connectivity index (χ2v) is 19.9. The van der Waals surface area contributed by atoms with E-state index in [4.69, 9.17) is 19.3 Å². The minimum absolute atomic E-state index is 0.0139. The number of carbonyl (C=O) groups is 6. The molecule has 0 radical (unpaired) electrons. The van der Waals surface area contributed by atoms with Gasteiger partial charge in [-0.3, -0.25) is 28.9 Å². The molecular weight excluding hydrogens is 817 g/mol. The molecule has 1 aliphatic rings. The van der Waals surface area contributed by atoms with Gasteiger partial charge in [0.15, 0.2) is 5.78 Å². The summed E-state index contributed by atoms with van der Waals surface area (Å²) < 4.78 is 17.8. The van der Waals surface area contributed by atoms with Gasteiger partial charge in [0.2, 0.25) is 17.7 Å². The zero-order valence-electron chi connectivity index (χ0n) is 41.6. The summed E-state index contributed by atoms with van der Waals surface area (Å²) in [5.41, 5.74) is 0.132. The number of amides is 3. The summed E-state index contributed by atoms with van der Waals surface area (Å²) >= 11 is 0. The summed E-state index contributed by atoms with van der Waals surface area (Å²) in [6.45, 7) is 22.0. The number of hydrogen-bond donors (Lipinski definition) is 3. The van der Waals surface area contributed by atoms with Crippen LogP contribution in [0.5, 0.6) is 0 Å². The van der Waals surface area contributed by atoms with E-state index in [1.807, 2.05) is 81.8 Å². The van der Waals surface area contributed by atoms with E-state index in [1.165, 1.54) is 0 Å². The predicted molar refractivity (Wildman–Crippen MR) is 249 cm³/mol. The Morgan fingerprint density at radius 3 is 2.06 bits per heavy atom. The van der Waals surface area contributed by atoms with Crippen LogP contribution in [-0.2, 0) is 49.4 Å². The van der Waals surface area contributed by atoms with E-state index < -0.39 is 53.8 Å². The van der Waals surface area contributed by atoms with Crippen LogP contribution in [0.15, 0.2) is 30.3 Å². The van der Waals surface area contributed by atoms with Gasteiger partial charge in [-0.1, -0.05) is 92.1 Å². The van der Waals surface area contributed by atoms with E-state index in [0.717, 1.165) is 18.4 Å². The molecule has 10 atom stereocenters. The van der Waals surface area contributed by atoms with Crippen LogP contribution in [0.3, 0.4) is 0 Å². The Kier molecular flexibility index (Phi) is 23.7. The number of ketones is 1. The summed E-state index contributed by atoms with van der Waals surface area (Å²) in [6, 6.07) is 6.94. The van der Waals surface area contributed by atoms with Gasteiger partial charge in [-0.05, 0) is 95.7 Å². The molecule has 1 heterocycles. The molecule has 64 heavy (non-hydrogen) atoms. The van der Waals surface area contributed by atoms with Crippen molar-refractivity contribution in [2.24, 2.45) is 35.5 Å². The Bertz CT molecular complexity index is 1630. The topological polar surface area (TPSA) is 181 Å². The van der Waals surface area contributed by atoms with Crippen LogP contribution >= 0.6 is 0 Å². The standard InChI is InChI=1S/C50H84N4O10/c1-15-33(6)37(26-25-34(7)45(58)43(31(2)3)52-48(60)44(32(4)5)53(12)27-20-24-42(56)57)40(62-13)30-41(55)54-28-19-23-39(54)46(63-14)35(8)47(59)51-38(49(61)64-50(9,10)11)29-36-21-17-16-18-22-36/h16-18,21-22,31-35,37-40,43-44,46H,15,19-20,23-30H2,1-14H3,(H,51,59)(H,52,60)(H,56,57). The summed E-state index contributed by atoms with van der Waals surface area (Å²) in [6.07, 6.45) is 3.18. The average molecular weight is 901 g/mol. The zero-order chi connectivity index (χ0) is 48.5. The fourth-order valence-corrected chi connectivity index (χ4v) is 9.17. The van der Waals surface area contributed by atoms with Gasteiger partial charge >= 0.3 is 11.9 Å². The molecule has 1 aliphatic heterocycles. The summed E-state index contributed by atoms with van der Waals surface area (Å²) in [5.74, 6) is -3.31. The van der Waals surface area contributed by atoms with Crippen molar-refractivity contribution >= 4 is 35.4 Å². The zero-order valence-corrected chi connectivity index (χ0v) is 41.6. The van der Waals surface area contributed by atoms with Gasteiger partial charge in [0.25, 0.3) is 0 Å². The molecule has 3 N–H and O–H groups in total. The normalized spacial score (nSPS) is 18.7. The Morgan fingerprint density at radius 1 is 0.891 bits per heavy atom. The molecule has 0 aromatic heterocycles. The SMILES string of the molecule is CCC(C)C(CCC(C)C(=O)C(NC(=O)C(C(C)C)N(C)CCCC(=O)O)C(C)C)C(CC(=O)N1CCCC1C(OC)C(C)C(=O)NC(Cc1ccccc1)C(=O)OC(C)(C)C)OC. The summed E-state index contributed by atoms with van der Waals surface area (Å²) in [4.78, 5) is 84.2. The first-order valence-corrected chi connectivity index (χ1v) is 23.7. The quantitative estimate of drug-likeness (QED) is 0.0761. The van der Waals surface area contributed by atoms with Crippen molar-refractivity contribution in [3.05, 3.63) is 35.9 Å². The highest BCUT2D eigenvalue weighted by molar-refractivity contribution is 5.92. The van der Waals surface area contributed by atoms with Crippen molar-refractivity contribution in [3.8, 4) is 0 Å². The summed E-state index contributed by atoms with van der Waals surface area (Å²) in [5, 5.41) is 15.1. The first-order valence-electron chi connectivity index (χ1n) is 23.7. The lowest BCUT2D eigenvalue weighted by Crippen LogP contribution is -2.55. The lowest BCUT2D eigenvalue weighted by molar-refractivity contribution is -0.159. The molecule has 2 rings (SSSR count). The Hall–Kier alpha value is -3.88. The first-order chi connectivity index (χ1) is 30.0. The van der Waals surface area contributed by atoms with E-state index >= 15 is 0 Å². The van der Waals surface area contributed by atoms with Gasteiger partial charge in [0.05, 0.1) is 42.7 Å². The molecule has 3 amide bonds. The van der Waals surface area contributed by atoms with Crippen molar-refractivity contribution in [3.63, 3.8) is 0 Å². The molecule has 0 spiro atoms. The number of likely N-dealkylation sites (tertiary alicyclic amines) is 1. The van der Waals surface area contributed by atoms with Gasteiger partial charge in [-0.25, -0.2) is 4.79 Å². The first kappa shape index (κ1) is 56.2. The Balaban J connectivity index is 2.20. The van der Waals surface area contributed by atoms with Gasteiger partial charge < -0.3 is 34.9 Å². The van der Waals surface area contributed by atoms with Gasteiger partial charge in [0.1, 0.15) is 11.6 Å². The van der Waals surface area contributed by atoms with Crippen molar-refractivity contribution < 1.29 is 48.1 Å². The molecule has 0 aliphatic carbocycles. The lowest BCUT2D eigenvalue weighted by Gasteiger charge is -2.36. The fourth-order valence-electron chi connectivity index (χ4n) is 9.17. The number of ether oxygens (including phenoxy) is 3. The Morgan fingerprint density at radius 2 is 1.53 bits per heavy atom.